The summed E-state index contributed by atoms with van der Waals surface area (Å²) in [6.07, 6.45) is 3.49. The van der Waals surface area contributed by atoms with Crippen molar-refractivity contribution in [2.45, 2.75) is 13.5 Å². The van der Waals surface area contributed by atoms with Gasteiger partial charge in [0.2, 0.25) is 0 Å². The van der Waals surface area contributed by atoms with E-state index in [1.807, 2.05) is 23.6 Å². The van der Waals surface area contributed by atoms with Gasteiger partial charge in [-0.1, -0.05) is 24.3 Å². The number of imidazole rings is 1. The number of ether oxygens (including phenoxy) is 1. The van der Waals surface area contributed by atoms with Crippen molar-refractivity contribution in [3.8, 4) is 17.4 Å². The Morgan fingerprint density at radius 1 is 1.14 bits per heavy atom. The van der Waals surface area contributed by atoms with Crippen molar-refractivity contribution in [2.24, 2.45) is 0 Å². The molecule has 4 aromatic rings. The molecule has 8 heteroatoms. The van der Waals surface area contributed by atoms with Gasteiger partial charge in [0.15, 0.2) is 5.65 Å². The molecule has 28 heavy (non-hydrogen) atoms. The van der Waals surface area contributed by atoms with Crippen LogP contribution in [0.5, 0.6) is 6.01 Å². The number of fused-ring (bicyclic) bond motifs is 1. The smallest absolute Gasteiger partial charge is 0.318 e. The molecule has 0 fully saturated rings. The Hall–Kier alpha value is -3.68. The normalized spacial score (nSPS) is 11.0. The van der Waals surface area contributed by atoms with E-state index in [4.69, 9.17) is 4.74 Å². The van der Waals surface area contributed by atoms with Crippen molar-refractivity contribution >= 4 is 17.5 Å². The topological polar surface area (TPSA) is 82.8 Å². The number of nitrogens with zero attached hydrogens (tertiary/aromatic N) is 5. The van der Waals surface area contributed by atoms with Gasteiger partial charge in [-0.25, -0.2) is 9.37 Å². The molecule has 4 rings (SSSR count). The van der Waals surface area contributed by atoms with Gasteiger partial charge in [0.05, 0.1) is 25.5 Å². The van der Waals surface area contributed by atoms with Gasteiger partial charge in [0.1, 0.15) is 23.4 Å². The van der Waals surface area contributed by atoms with E-state index in [0.29, 0.717) is 40.4 Å². The number of aryl methyl sites for hydroxylation is 1. The van der Waals surface area contributed by atoms with Gasteiger partial charge in [-0.2, -0.15) is 9.97 Å². The van der Waals surface area contributed by atoms with E-state index in [1.165, 1.54) is 13.2 Å². The van der Waals surface area contributed by atoms with Crippen LogP contribution in [-0.2, 0) is 6.54 Å². The van der Waals surface area contributed by atoms with Crippen molar-refractivity contribution in [3.63, 3.8) is 0 Å². The molecule has 0 radical (unpaired) electrons. The minimum atomic E-state index is -0.452. The zero-order chi connectivity index (χ0) is 19.7. The number of aromatic nitrogens is 5. The number of carbonyl (C=O) groups is 1. The van der Waals surface area contributed by atoms with Gasteiger partial charge in [0.25, 0.3) is 0 Å². The van der Waals surface area contributed by atoms with E-state index in [9.17, 15) is 9.18 Å². The Morgan fingerprint density at radius 3 is 2.61 bits per heavy atom. The molecule has 0 aliphatic heterocycles. The molecule has 3 aromatic heterocycles. The van der Waals surface area contributed by atoms with E-state index in [1.54, 1.807) is 18.3 Å². The molecule has 0 amide bonds. The number of methoxy groups -OCH3 is 1. The van der Waals surface area contributed by atoms with Crippen LogP contribution in [0.25, 0.3) is 22.6 Å². The summed E-state index contributed by atoms with van der Waals surface area (Å²) >= 11 is 0. The maximum absolute atomic E-state index is 13.8. The maximum atomic E-state index is 13.8. The highest BCUT2D eigenvalue weighted by molar-refractivity contribution is 5.79. The number of carbonyl (C=O) groups excluding carboxylic acids is 1. The van der Waals surface area contributed by atoms with Crippen LogP contribution in [0.15, 0.2) is 42.7 Å². The standard InChI is InChI=1S/C20H16FN5O2/c1-12-17-19(25-20(23-12)28-2)26(10-13-3-5-14(11-27)6-4-13)18(24-17)15-7-16(21)9-22-8-15/h3-9,11H,10H2,1-2H3. The molecule has 0 spiro atoms. The Balaban J connectivity index is 1.92. The first-order valence-electron chi connectivity index (χ1n) is 8.53. The van der Waals surface area contributed by atoms with Crippen LogP contribution in [0.1, 0.15) is 21.6 Å². The van der Waals surface area contributed by atoms with Gasteiger partial charge in [-0.15, -0.1) is 0 Å². The Kier molecular flexibility index (Phi) is 4.52. The second-order valence-corrected chi connectivity index (χ2v) is 6.24. The Bertz CT molecular complexity index is 1170. The molecule has 0 unspecified atom stereocenters. The molecular formula is C20H16FN5O2. The van der Waals surface area contributed by atoms with Crippen LogP contribution in [-0.4, -0.2) is 37.9 Å². The number of hydrogen-bond acceptors (Lipinski definition) is 6. The Morgan fingerprint density at radius 2 is 1.93 bits per heavy atom. The van der Waals surface area contributed by atoms with E-state index in [-0.39, 0.29) is 6.01 Å². The lowest BCUT2D eigenvalue weighted by Gasteiger charge is -2.10. The lowest BCUT2D eigenvalue weighted by molar-refractivity contribution is 0.112. The molecule has 7 nitrogen and oxygen atoms in total. The second kappa shape index (κ2) is 7.15. The molecule has 0 atom stereocenters. The highest BCUT2D eigenvalue weighted by Crippen LogP contribution is 2.27. The van der Waals surface area contributed by atoms with Gasteiger partial charge in [-0.3, -0.25) is 9.78 Å². The molecule has 1 aromatic carbocycles. The first-order chi connectivity index (χ1) is 13.6. The molecule has 0 aliphatic rings. The van der Waals surface area contributed by atoms with E-state index < -0.39 is 5.82 Å². The Labute approximate surface area is 159 Å². The number of aldehydes is 1. The van der Waals surface area contributed by atoms with Crippen LogP contribution in [0.4, 0.5) is 4.39 Å². The molecular weight excluding hydrogens is 361 g/mol. The fourth-order valence-corrected chi connectivity index (χ4v) is 2.99. The van der Waals surface area contributed by atoms with Crippen molar-refractivity contribution in [3.05, 3.63) is 65.4 Å². The van der Waals surface area contributed by atoms with Crippen molar-refractivity contribution in [1.29, 1.82) is 0 Å². The SMILES string of the molecule is COc1nc(C)c2nc(-c3cncc(F)c3)n(Cc3ccc(C=O)cc3)c2n1. The number of benzene rings is 1. The first-order valence-corrected chi connectivity index (χ1v) is 8.53. The predicted molar refractivity (Wildman–Crippen MR) is 101 cm³/mol. The van der Waals surface area contributed by atoms with Crippen LogP contribution < -0.4 is 4.74 Å². The van der Waals surface area contributed by atoms with Gasteiger partial charge < -0.3 is 9.30 Å². The monoisotopic (exact) mass is 377 g/mol. The lowest BCUT2D eigenvalue weighted by atomic mass is 10.1. The van der Waals surface area contributed by atoms with Gasteiger partial charge in [-0.05, 0) is 18.6 Å². The van der Waals surface area contributed by atoms with E-state index >= 15 is 0 Å². The van der Waals surface area contributed by atoms with Crippen LogP contribution in [0.3, 0.4) is 0 Å². The first kappa shape index (κ1) is 17.7. The fourth-order valence-electron chi connectivity index (χ4n) is 2.99. The summed E-state index contributed by atoms with van der Waals surface area (Å²) < 4.78 is 20.8. The fraction of sp³-hybridized carbons (Fsp3) is 0.150. The summed E-state index contributed by atoms with van der Waals surface area (Å²) in [5, 5.41) is 0. The number of hydrogen-bond donors (Lipinski definition) is 0. The maximum Gasteiger partial charge on any atom is 0.318 e. The quantitative estimate of drug-likeness (QED) is 0.497. The largest absolute Gasteiger partial charge is 0.467 e. The van der Waals surface area contributed by atoms with Gasteiger partial charge in [0, 0.05) is 17.3 Å². The summed E-state index contributed by atoms with van der Waals surface area (Å²) in [5.74, 6) is 0.0685. The van der Waals surface area contributed by atoms with Crippen molar-refractivity contribution in [1.82, 2.24) is 24.5 Å². The molecule has 0 N–H and O–H groups in total. The number of rotatable bonds is 5. The van der Waals surface area contributed by atoms with Crippen molar-refractivity contribution in [2.75, 3.05) is 7.11 Å². The van der Waals surface area contributed by atoms with Crippen molar-refractivity contribution < 1.29 is 13.9 Å². The minimum Gasteiger partial charge on any atom is -0.467 e. The zero-order valence-corrected chi connectivity index (χ0v) is 15.3. The minimum absolute atomic E-state index is 0.228. The number of halogens is 1. The summed E-state index contributed by atoms with van der Waals surface area (Å²) in [7, 11) is 1.50. The van der Waals surface area contributed by atoms with Crippen LogP contribution >= 0.6 is 0 Å². The predicted octanol–water partition coefficient (Wildman–Crippen LogP) is 3.21. The molecule has 0 aliphatic carbocycles. The van der Waals surface area contributed by atoms with Crippen LogP contribution in [0.2, 0.25) is 0 Å². The highest BCUT2D eigenvalue weighted by Gasteiger charge is 2.18. The molecule has 0 bridgehead atoms. The third kappa shape index (κ3) is 3.20. The molecule has 3 heterocycles. The average molecular weight is 377 g/mol. The summed E-state index contributed by atoms with van der Waals surface area (Å²) in [6, 6.07) is 8.80. The highest BCUT2D eigenvalue weighted by atomic mass is 19.1. The summed E-state index contributed by atoms with van der Waals surface area (Å²) in [4.78, 5) is 28.2. The van der Waals surface area contributed by atoms with E-state index in [2.05, 4.69) is 19.9 Å². The van der Waals surface area contributed by atoms with Crippen LogP contribution in [0, 0.1) is 12.7 Å². The summed E-state index contributed by atoms with van der Waals surface area (Å²) in [6.45, 7) is 2.23. The van der Waals surface area contributed by atoms with E-state index in [0.717, 1.165) is 18.0 Å². The average Bonchev–Trinajstić information content (AvgIpc) is 3.07. The lowest BCUT2D eigenvalue weighted by Crippen LogP contribution is -2.05. The zero-order valence-electron chi connectivity index (χ0n) is 15.3. The summed E-state index contributed by atoms with van der Waals surface area (Å²) in [5.41, 5.74) is 3.88. The molecule has 0 saturated heterocycles. The third-order valence-corrected chi connectivity index (χ3v) is 4.35. The third-order valence-electron chi connectivity index (χ3n) is 4.35. The molecule has 0 saturated carbocycles. The van der Waals surface area contributed by atoms with Gasteiger partial charge >= 0.3 is 6.01 Å². The second-order valence-electron chi connectivity index (χ2n) is 6.24. The molecule has 140 valence electrons. The number of pyridine rings is 1.